The zero-order valence-electron chi connectivity index (χ0n) is 9.70. The number of carbonyl (C=O) groups excluding carboxylic acids is 1. The molecule has 1 amide bonds. The summed E-state index contributed by atoms with van der Waals surface area (Å²) >= 11 is 0. The van der Waals surface area contributed by atoms with Crippen molar-refractivity contribution in [2.75, 3.05) is 19.6 Å². The van der Waals surface area contributed by atoms with Crippen LogP contribution >= 0.6 is 0 Å². The first-order chi connectivity index (χ1) is 6.96. The van der Waals surface area contributed by atoms with Crippen molar-refractivity contribution < 1.29 is 9.90 Å². The number of β-amino-alcohol motifs (C(OH)–C–C–N with tert-alkyl or cyclic N) is 1. The molecule has 4 heteroatoms. The molecule has 1 saturated heterocycles. The summed E-state index contributed by atoms with van der Waals surface area (Å²) in [5.41, 5.74) is 4.72. The number of nitrogens with zero attached hydrogens (tertiary/aromatic N) is 1. The third kappa shape index (κ3) is 3.47. The number of rotatable bonds is 4. The molecule has 1 aliphatic heterocycles. The molecular weight excluding hydrogens is 192 g/mol. The van der Waals surface area contributed by atoms with Gasteiger partial charge in [0.15, 0.2) is 0 Å². The van der Waals surface area contributed by atoms with Gasteiger partial charge in [-0.1, -0.05) is 6.92 Å². The molecule has 1 rings (SSSR count). The van der Waals surface area contributed by atoms with E-state index in [1.165, 1.54) is 0 Å². The second-order valence-corrected chi connectivity index (χ2v) is 4.84. The molecular formula is C11H22N2O2. The molecule has 1 heterocycles. The molecule has 1 aliphatic rings. The Labute approximate surface area is 91.4 Å². The fourth-order valence-electron chi connectivity index (χ4n) is 1.99. The van der Waals surface area contributed by atoms with Crippen LogP contribution in [0.3, 0.4) is 0 Å². The molecule has 0 radical (unpaired) electrons. The Morgan fingerprint density at radius 3 is 2.80 bits per heavy atom. The van der Waals surface area contributed by atoms with E-state index in [9.17, 15) is 9.90 Å². The molecule has 0 saturated carbocycles. The minimum atomic E-state index is -0.691. The maximum Gasteiger partial charge on any atom is 0.225 e. The molecule has 0 spiro atoms. The average Bonchev–Trinajstić information content (AvgIpc) is 2.54. The lowest BCUT2D eigenvalue weighted by Gasteiger charge is -2.22. The molecule has 0 aromatic carbocycles. The van der Waals surface area contributed by atoms with Gasteiger partial charge >= 0.3 is 0 Å². The summed E-state index contributed by atoms with van der Waals surface area (Å²) in [6, 6.07) is 0. The Morgan fingerprint density at radius 1 is 1.67 bits per heavy atom. The second kappa shape index (κ2) is 4.94. The summed E-state index contributed by atoms with van der Waals surface area (Å²) in [5.74, 6) is 0.184. The molecule has 0 aliphatic carbocycles. The Balaban J connectivity index is 2.41. The summed E-state index contributed by atoms with van der Waals surface area (Å²) in [7, 11) is 0. The third-order valence-corrected chi connectivity index (χ3v) is 3.03. The maximum atomic E-state index is 11.9. The summed E-state index contributed by atoms with van der Waals surface area (Å²) in [4.78, 5) is 13.7. The first-order valence-electron chi connectivity index (χ1n) is 5.67. The highest BCUT2D eigenvalue weighted by Gasteiger charge is 2.35. The lowest BCUT2D eigenvalue weighted by Crippen LogP contribution is -2.37. The highest BCUT2D eigenvalue weighted by atomic mass is 16.3. The monoisotopic (exact) mass is 214 g/mol. The van der Waals surface area contributed by atoms with Gasteiger partial charge in [-0.15, -0.1) is 0 Å². The van der Waals surface area contributed by atoms with Crippen LogP contribution in [0.25, 0.3) is 0 Å². The third-order valence-electron chi connectivity index (χ3n) is 3.03. The van der Waals surface area contributed by atoms with Crippen LogP contribution in [0.4, 0.5) is 0 Å². The van der Waals surface area contributed by atoms with Crippen LogP contribution in [0.5, 0.6) is 0 Å². The van der Waals surface area contributed by atoms with Gasteiger partial charge in [0.1, 0.15) is 0 Å². The predicted molar refractivity (Wildman–Crippen MR) is 59.3 cm³/mol. The lowest BCUT2D eigenvalue weighted by atomic mass is 10.0. The van der Waals surface area contributed by atoms with Crippen molar-refractivity contribution in [3.63, 3.8) is 0 Å². The fraction of sp³-hybridized carbons (Fsp3) is 0.909. The van der Waals surface area contributed by atoms with E-state index in [1.54, 1.807) is 11.8 Å². The van der Waals surface area contributed by atoms with Crippen LogP contribution in [0.15, 0.2) is 0 Å². The number of amides is 1. The number of likely N-dealkylation sites (tertiary alicyclic amines) is 1. The van der Waals surface area contributed by atoms with Crippen molar-refractivity contribution in [2.45, 2.75) is 38.7 Å². The van der Waals surface area contributed by atoms with Crippen molar-refractivity contribution >= 4 is 5.91 Å². The number of nitrogens with two attached hydrogens (primary N) is 1. The van der Waals surface area contributed by atoms with E-state index in [-0.39, 0.29) is 11.8 Å². The van der Waals surface area contributed by atoms with Gasteiger partial charge in [0.25, 0.3) is 0 Å². The first kappa shape index (κ1) is 12.5. The molecule has 15 heavy (non-hydrogen) atoms. The summed E-state index contributed by atoms with van der Waals surface area (Å²) in [5, 5.41) is 9.76. The molecule has 2 atom stereocenters. The summed E-state index contributed by atoms with van der Waals surface area (Å²) in [6.45, 7) is 5.50. The molecule has 2 unspecified atom stereocenters. The van der Waals surface area contributed by atoms with Gasteiger partial charge in [-0.2, -0.15) is 0 Å². The standard InChI is InChI=1S/C11H22N2O2/c1-9(4-3-6-12)10(14)13-7-5-11(2,15)8-13/h9,15H,3-8,12H2,1-2H3. The topological polar surface area (TPSA) is 66.6 Å². The Hall–Kier alpha value is -0.610. The van der Waals surface area contributed by atoms with Gasteiger partial charge < -0.3 is 15.7 Å². The van der Waals surface area contributed by atoms with Crippen LogP contribution < -0.4 is 5.73 Å². The van der Waals surface area contributed by atoms with Crippen molar-refractivity contribution in [1.82, 2.24) is 4.90 Å². The first-order valence-corrected chi connectivity index (χ1v) is 5.67. The Morgan fingerprint density at radius 2 is 2.33 bits per heavy atom. The average molecular weight is 214 g/mol. The van der Waals surface area contributed by atoms with Crippen molar-refractivity contribution in [2.24, 2.45) is 11.7 Å². The smallest absolute Gasteiger partial charge is 0.225 e. The van der Waals surface area contributed by atoms with E-state index >= 15 is 0 Å². The minimum Gasteiger partial charge on any atom is -0.388 e. The number of hydrogen-bond donors (Lipinski definition) is 2. The highest BCUT2D eigenvalue weighted by Crippen LogP contribution is 2.22. The van der Waals surface area contributed by atoms with Gasteiger partial charge in [-0.3, -0.25) is 4.79 Å². The second-order valence-electron chi connectivity index (χ2n) is 4.84. The summed E-state index contributed by atoms with van der Waals surface area (Å²) < 4.78 is 0. The van der Waals surface area contributed by atoms with E-state index in [2.05, 4.69) is 0 Å². The zero-order chi connectivity index (χ0) is 11.5. The SMILES string of the molecule is CC(CCCN)C(=O)N1CCC(C)(O)C1. The molecule has 3 N–H and O–H groups in total. The van der Waals surface area contributed by atoms with Crippen molar-refractivity contribution in [3.8, 4) is 0 Å². The van der Waals surface area contributed by atoms with Crippen molar-refractivity contribution in [1.29, 1.82) is 0 Å². The van der Waals surface area contributed by atoms with Crippen LogP contribution in [0.1, 0.15) is 33.1 Å². The van der Waals surface area contributed by atoms with E-state index in [1.807, 2.05) is 6.92 Å². The van der Waals surface area contributed by atoms with Crippen LogP contribution in [-0.2, 0) is 4.79 Å². The summed E-state index contributed by atoms with van der Waals surface area (Å²) in [6.07, 6.45) is 2.41. The van der Waals surface area contributed by atoms with Crippen LogP contribution in [0.2, 0.25) is 0 Å². The fourth-order valence-corrected chi connectivity index (χ4v) is 1.99. The zero-order valence-corrected chi connectivity index (χ0v) is 9.70. The Bertz CT molecular complexity index is 229. The molecule has 88 valence electrons. The minimum absolute atomic E-state index is 0.0300. The normalized spacial score (nSPS) is 28.1. The van der Waals surface area contributed by atoms with Gasteiger partial charge in [0.05, 0.1) is 5.60 Å². The van der Waals surface area contributed by atoms with Crippen molar-refractivity contribution in [3.05, 3.63) is 0 Å². The van der Waals surface area contributed by atoms with E-state index < -0.39 is 5.60 Å². The molecule has 4 nitrogen and oxygen atoms in total. The number of carbonyl (C=O) groups is 1. The molecule has 0 aromatic rings. The van der Waals surface area contributed by atoms with Gasteiger partial charge in [-0.05, 0) is 32.7 Å². The Kier molecular flexibility index (Phi) is 4.11. The number of hydrogen-bond acceptors (Lipinski definition) is 3. The van der Waals surface area contributed by atoms with Crippen LogP contribution in [0, 0.1) is 5.92 Å². The van der Waals surface area contributed by atoms with E-state index in [0.29, 0.717) is 26.1 Å². The lowest BCUT2D eigenvalue weighted by molar-refractivity contribution is -0.135. The maximum absolute atomic E-state index is 11.9. The molecule has 0 aromatic heterocycles. The largest absolute Gasteiger partial charge is 0.388 e. The van der Waals surface area contributed by atoms with Gasteiger partial charge in [0, 0.05) is 19.0 Å². The quantitative estimate of drug-likeness (QED) is 0.709. The van der Waals surface area contributed by atoms with E-state index in [0.717, 1.165) is 12.8 Å². The molecule has 0 bridgehead atoms. The molecule has 1 fully saturated rings. The van der Waals surface area contributed by atoms with Gasteiger partial charge in [-0.25, -0.2) is 0 Å². The van der Waals surface area contributed by atoms with E-state index in [4.69, 9.17) is 5.73 Å². The highest BCUT2D eigenvalue weighted by molar-refractivity contribution is 5.78. The predicted octanol–water partition coefficient (Wildman–Crippen LogP) is 0.345. The number of aliphatic hydroxyl groups is 1. The van der Waals surface area contributed by atoms with Gasteiger partial charge in [0.2, 0.25) is 5.91 Å². The van der Waals surface area contributed by atoms with Crippen LogP contribution in [-0.4, -0.2) is 41.1 Å².